The molecule has 1 fully saturated rings. The fraction of sp³-hybridized carbons (Fsp3) is 0.667. The summed E-state index contributed by atoms with van der Waals surface area (Å²) in [5.41, 5.74) is 3.86. The maximum absolute atomic E-state index is 13.7. The second-order valence-electron chi connectivity index (χ2n) is 6.21. The number of azide groups is 1. The minimum atomic E-state index is -2.30. The highest BCUT2D eigenvalue weighted by Crippen LogP contribution is 2.25. The number of aromatic amines is 1. The summed E-state index contributed by atoms with van der Waals surface area (Å²) >= 11 is 0. The highest BCUT2D eigenvalue weighted by Gasteiger charge is 2.39. The number of hydrogen-bond acceptors (Lipinski definition) is 8. The third kappa shape index (κ3) is 4.81. The molecule has 1 saturated heterocycles. The minimum absolute atomic E-state index is 0.229. The van der Waals surface area contributed by atoms with Gasteiger partial charge in [0, 0.05) is 24.2 Å². The van der Waals surface area contributed by atoms with Crippen molar-refractivity contribution in [1.82, 2.24) is 14.5 Å². The summed E-state index contributed by atoms with van der Waals surface area (Å²) in [4.78, 5) is 42.6. The molecular weight excluding hydrogens is 395 g/mol. The number of carbonyl (C=O) groups excluding carboxylic acids is 1. The molecule has 14 heteroatoms. The van der Waals surface area contributed by atoms with Gasteiger partial charge >= 0.3 is 5.69 Å². The monoisotopic (exact) mass is 416 g/mol. The topological polar surface area (TPSA) is 183 Å². The van der Waals surface area contributed by atoms with Crippen LogP contribution in [-0.2, 0) is 9.47 Å². The van der Waals surface area contributed by atoms with Crippen molar-refractivity contribution in [2.24, 2.45) is 5.11 Å². The fourth-order valence-electron chi connectivity index (χ4n) is 2.67. The number of morpholine rings is 1. The van der Waals surface area contributed by atoms with E-state index in [1.807, 2.05) is 4.98 Å². The Balaban J connectivity index is 2.45. The van der Waals surface area contributed by atoms with Crippen LogP contribution >= 0.6 is 0 Å². The van der Waals surface area contributed by atoms with Gasteiger partial charge < -0.3 is 24.6 Å². The molecule has 0 spiro atoms. The van der Waals surface area contributed by atoms with Crippen LogP contribution in [0.2, 0.25) is 0 Å². The summed E-state index contributed by atoms with van der Waals surface area (Å²) in [5, 5.41) is 22.5. The molecule has 0 radical (unpaired) electrons. The lowest BCUT2D eigenvalue weighted by Gasteiger charge is -2.33. The molecule has 0 aromatic carbocycles. The molecule has 29 heavy (non-hydrogen) atoms. The van der Waals surface area contributed by atoms with Crippen molar-refractivity contribution in [1.29, 1.82) is 0 Å². The van der Waals surface area contributed by atoms with Crippen LogP contribution in [0.25, 0.3) is 10.4 Å². The maximum atomic E-state index is 13.7. The molecule has 0 saturated carbocycles. The van der Waals surface area contributed by atoms with Crippen LogP contribution in [0.15, 0.2) is 20.9 Å². The Labute approximate surface area is 162 Å². The molecule has 13 nitrogen and oxygen atoms in total. The summed E-state index contributed by atoms with van der Waals surface area (Å²) in [6.07, 6.45) is -2.57. The molecule has 0 unspecified atom stereocenters. The van der Waals surface area contributed by atoms with Crippen LogP contribution in [0.1, 0.15) is 23.5 Å². The van der Waals surface area contributed by atoms with Gasteiger partial charge in [-0.15, -0.1) is 0 Å². The van der Waals surface area contributed by atoms with Gasteiger partial charge in [0.15, 0.2) is 12.0 Å². The van der Waals surface area contributed by atoms with Crippen molar-refractivity contribution in [3.63, 3.8) is 0 Å². The molecule has 0 bridgehead atoms. The van der Waals surface area contributed by atoms with E-state index in [0.29, 0.717) is 4.57 Å². The molecule has 1 aromatic heterocycles. The number of nitrogens with zero attached hydrogens (tertiary/aromatic N) is 5. The van der Waals surface area contributed by atoms with E-state index in [1.165, 1.54) is 4.90 Å². The molecule has 3 atom stereocenters. The Morgan fingerprint density at radius 3 is 2.69 bits per heavy atom. The zero-order chi connectivity index (χ0) is 21.6. The summed E-state index contributed by atoms with van der Waals surface area (Å²) in [7, 11) is 0. The fourth-order valence-corrected chi connectivity index (χ4v) is 2.67. The lowest BCUT2D eigenvalue weighted by Crippen LogP contribution is -2.49. The molecule has 1 aliphatic rings. The van der Waals surface area contributed by atoms with Gasteiger partial charge in [-0.25, -0.2) is 9.18 Å². The van der Waals surface area contributed by atoms with E-state index in [-0.39, 0.29) is 26.3 Å². The van der Waals surface area contributed by atoms with E-state index in [4.69, 9.17) is 15.0 Å². The molecule has 2 heterocycles. The average molecular weight is 416 g/mol. The molecule has 1 aromatic rings. The minimum Gasteiger partial charge on any atom is -0.393 e. The van der Waals surface area contributed by atoms with Crippen molar-refractivity contribution in [2.75, 3.05) is 39.6 Å². The van der Waals surface area contributed by atoms with Crippen molar-refractivity contribution >= 4 is 5.91 Å². The maximum Gasteiger partial charge on any atom is 0.330 e. The predicted octanol–water partition coefficient (Wildman–Crippen LogP) is -1.13. The first-order valence-electron chi connectivity index (χ1n) is 8.61. The summed E-state index contributed by atoms with van der Waals surface area (Å²) < 4.78 is 24.6. The summed E-state index contributed by atoms with van der Waals surface area (Å²) in [6.45, 7) is -0.253. The number of aromatic nitrogens is 2. The van der Waals surface area contributed by atoms with Crippen molar-refractivity contribution in [2.45, 2.75) is 25.0 Å². The number of amides is 1. The number of ether oxygens (including phenoxy) is 2. The van der Waals surface area contributed by atoms with Gasteiger partial charge in [0.2, 0.25) is 0 Å². The molecule has 3 N–H and O–H groups in total. The Kier molecular flexibility index (Phi) is 7.47. The number of halogens is 1. The lowest BCUT2D eigenvalue weighted by molar-refractivity contribution is -0.193. The van der Waals surface area contributed by atoms with E-state index in [1.54, 1.807) is 0 Å². The normalized spacial score (nSPS) is 18.4. The third-order valence-electron chi connectivity index (χ3n) is 4.37. The lowest BCUT2D eigenvalue weighted by atomic mass is 10.1. The Morgan fingerprint density at radius 2 is 2.17 bits per heavy atom. The van der Waals surface area contributed by atoms with Crippen LogP contribution in [0, 0.1) is 0 Å². The number of carbonyl (C=O) groups is 1. The van der Waals surface area contributed by atoms with Gasteiger partial charge in [0.25, 0.3) is 11.5 Å². The Bertz CT molecular complexity index is 890. The number of H-pyrrole nitrogens is 1. The number of nitrogens with one attached hydrogen (secondary N) is 1. The van der Waals surface area contributed by atoms with Gasteiger partial charge in [-0.3, -0.25) is 19.1 Å². The van der Waals surface area contributed by atoms with Gasteiger partial charge in [0.1, 0.15) is 12.2 Å². The van der Waals surface area contributed by atoms with E-state index >= 15 is 0 Å². The predicted molar refractivity (Wildman–Crippen MR) is 94.8 cm³/mol. The number of rotatable bonds is 8. The smallest absolute Gasteiger partial charge is 0.330 e. The first-order chi connectivity index (χ1) is 13.8. The van der Waals surface area contributed by atoms with Gasteiger partial charge in [-0.2, -0.15) is 0 Å². The van der Waals surface area contributed by atoms with E-state index in [0.717, 1.165) is 13.1 Å². The zero-order valence-electron chi connectivity index (χ0n) is 15.5. The average Bonchev–Trinajstić information content (AvgIpc) is 2.71. The van der Waals surface area contributed by atoms with Gasteiger partial charge in [0.05, 0.1) is 25.9 Å². The quantitative estimate of drug-likeness (QED) is 0.272. The van der Waals surface area contributed by atoms with Crippen LogP contribution < -0.4 is 11.2 Å². The molecule has 0 aliphatic carbocycles. The highest BCUT2D eigenvalue weighted by molar-refractivity contribution is 5.93. The molecule has 2 rings (SSSR count). The van der Waals surface area contributed by atoms with E-state index in [9.17, 15) is 29.0 Å². The summed E-state index contributed by atoms with van der Waals surface area (Å²) in [6, 6.07) is 0. The van der Waals surface area contributed by atoms with Crippen LogP contribution in [-0.4, -0.2) is 82.0 Å². The third-order valence-corrected chi connectivity index (χ3v) is 4.37. The van der Waals surface area contributed by atoms with Gasteiger partial charge in [-0.1, -0.05) is 5.11 Å². The molecule has 1 aliphatic heterocycles. The van der Waals surface area contributed by atoms with Crippen molar-refractivity contribution < 1.29 is 28.9 Å². The zero-order valence-corrected chi connectivity index (χ0v) is 15.5. The van der Waals surface area contributed by atoms with Gasteiger partial charge in [-0.05, 0) is 12.5 Å². The van der Waals surface area contributed by atoms with E-state index < -0.39 is 54.1 Å². The Morgan fingerprint density at radius 1 is 1.52 bits per heavy atom. The molecular formula is C15H21FN6O7. The number of aliphatic hydroxyl groups excluding tert-OH is 2. The van der Waals surface area contributed by atoms with Crippen LogP contribution in [0.4, 0.5) is 4.39 Å². The van der Waals surface area contributed by atoms with Crippen LogP contribution in [0.5, 0.6) is 0 Å². The number of hydrogen-bond donors (Lipinski definition) is 3. The number of aliphatic hydroxyl groups is 2. The Hall–Kier alpha value is -2.77. The first kappa shape index (κ1) is 22.5. The van der Waals surface area contributed by atoms with Crippen LogP contribution in [0.3, 0.4) is 0 Å². The van der Waals surface area contributed by atoms with Crippen molar-refractivity contribution in [3.8, 4) is 0 Å². The highest BCUT2D eigenvalue weighted by atomic mass is 19.1. The standard InChI is InChI=1S/C15H21FN6O7/c1-9(24)15(8-23,19-20-17)29-11(6-16)22-7-10(12(25)18-14(22)27)13(26)21-2-4-28-5-3-21/h7,9,11,23-24H,2-6,8H2,1H3,(H,18,25,27)/t9-,11-,15-/m1/s1. The first-order valence-corrected chi connectivity index (χ1v) is 8.61. The second-order valence-corrected chi connectivity index (χ2v) is 6.21. The van der Waals surface area contributed by atoms with Crippen molar-refractivity contribution in [3.05, 3.63) is 43.0 Å². The summed E-state index contributed by atoms with van der Waals surface area (Å²) in [5.74, 6) is -0.695. The van der Waals surface area contributed by atoms with E-state index in [2.05, 4.69) is 10.0 Å². The number of alkyl halides is 1. The second kappa shape index (κ2) is 9.62. The molecule has 1 amide bonds. The largest absolute Gasteiger partial charge is 0.393 e. The molecule has 160 valence electrons. The SMILES string of the molecule is C[C@@H](O)[C@](CO)(N=[N+]=[N-])O[C@H](CF)n1cc(C(=O)N2CCOCC2)c(=O)[nH]c1=O.